The van der Waals surface area contributed by atoms with E-state index in [1.54, 1.807) is 24.3 Å². The summed E-state index contributed by atoms with van der Waals surface area (Å²) in [4.78, 5) is 17.1. The molecule has 0 atom stereocenters. The van der Waals surface area contributed by atoms with Crippen molar-refractivity contribution in [1.29, 1.82) is 0 Å². The average Bonchev–Trinajstić information content (AvgIpc) is 3.20. The van der Waals surface area contributed by atoms with Crippen LogP contribution in [-0.2, 0) is 17.8 Å². The summed E-state index contributed by atoms with van der Waals surface area (Å²) in [7, 11) is 0. The second-order valence-electron chi connectivity index (χ2n) is 7.80. The van der Waals surface area contributed by atoms with E-state index in [1.165, 1.54) is 17.7 Å². The molecule has 5 heteroatoms. The number of nitrogens with zero attached hydrogens (tertiary/aromatic N) is 2. The molecule has 162 valence electrons. The summed E-state index contributed by atoms with van der Waals surface area (Å²) in [6, 6.07) is 31.5. The number of hydrogen-bond donors (Lipinski definition) is 0. The van der Waals surface area contributed by atoms with Gasteiger partial charge >= 0.3 is 5.97 Å². The molecule has 0 saturated heterocycles. The first-order valence-corrected chi connectivity index (χ1v) is 10.7. The minimum atomic E-state index is -0.398. The average molecular weight is 436 g/mol. The van der Waals surface area contributed by atoms with E-state index in [-0.39, 0.29) is 12.2 Å². The molecule has 0 spiro atoms. The number of benzene rings is 4. The van der Waals surface area contributed by atoms with Crippen molar-refractivity contribution in [3.8, 4) is 17.1 Å². The third kappa shape index (κ3) is 4.67. The number of rotatable bonds is 6. The van der Waals surface area contributed by atoms with Crippen LogP contribution in [0.4, 0.5) is 4.39 Å². The molecule has 0 N–H and O–H groups in total. The summed E-state index contributed by atoms with van der Waals surface area (Å²) >= 11 is 0. The normalized spacial score (nSPS) is 10.9. The monoisotopic (exact) mass is 436 g/mol. The Balaban J connectivity index is 1.38. The van der Waals surface area contributed by atoms with E-state index < -0.39 is 5.97 Å². The Morgan fingerprint density at radius 3 is 2.24 bits per heavy atom. The Kier molecular flexibility index (Phi) is 5.68. The van der Waals surface area contributed by atoms with Crippen molar-refractivity contribution < 1.29 is 13.9 Å². The number of fused-ring (bicyclic) bond motifs is 1. The topological polar surface area (TPSA) is 44.1 Å². The minimum Gasteiger partial charge on any atom is -0.426 e. The number of carbonyl (C=O) groups excluding carboxylic acids is 1. The summed E-state index contributed by atoms with van der Waals surface area (Å²) in [5.41, 5.74) is 4.81. The van der Waals surface area contributed by atoms with Gasteiger partial charge in [0.25, 0.3) is 0 Å². The quantitative estimate of drug-likeness (QED) is 0.241. The maximum Gasteiger partial charge on any atom is 0.315 e. The first kappa shape index (κ1) is 20.6. The lowest BCUT2D eigenvalue weighted by Gasteiger charge is -2.10. The third-order valence-corrected chi connectivity index (χ3v) is 5.44. The first-order chi connectivity index (χ1) is 16.2. The lowest BCUT2D eigenvalue weighted by atomic mass is 10.1. The van der Waals surface area contributed by atoms with E-state index in [1.807, 2.05) is 48.5 Å². The van der Waals surface area contributed by atoms with E-state index in [0.29, 0.717) is 17.9 Å². The molecule has 5 rings (SSSR count). The van der Waals surface area contributed by atoms with Gasteiger partial charge in [0, 0.05) is 12.1 Å². The molecule has 0 radical (unpaired) electrons. The Labute approximate surface area is 190 Å². The number of carbonyl (C=O) groups is 1. The van der Waals surface area contributed by atoms with Crippen LogP contribution in [0.3, 0.4) is 0 Å². The highest BCUT2D eigenvalue weighted by molar-refractivity contribution is 5.81. The standard InChI is InChI=1S/C28H21FN2O2/c29-23-14-10-20(11-15-23)18-27(32)33-24-16-12-22(13-17-24)28-30-25-8-4-5-9-26(25)31(28)19-21-6-2-1-3-7-21/h1-17H,18-19H2. The maximum atomic E-state index is 13.0. The van der Waals surface area contributed by atoms with Crippen LogP contribution >= 0.6 is 0 Å². The molecule has 0 amide bonds. The van der Waals surface area contributed by atoms with Crippen LogP contribution in [0.25, 0.3) is 22.4 Å². The van der Waals surface area contributed by atoms with Crippen molar-refractivity contribution in [2.24, 2.45) is 0 Å². The van der Waals surface area contributed by atoms with Crippen LogP contribution < -0.4 is 4.74 Å². The van der Waals surface area contributed by atoms with Gasteiger partial charge < -0.3 is 9.30 Å². The van der Waals surface area contributed by atoms with Gasteiger partial charge in [-0.05, 0) is 59.7 Å². The predicted molar refractivity (Wildman–Crippen MR) is 126 cm³/mol. The van der Waals surface area contributed by atoms with Gasteiger partial charge in [-0.2, -0.15) is 0 Å². The lowest BCUT2D eigenvalue weighted by Crippen LogP contribution is -2.11. The molecular formula is C28H21FN2O2. The smallest absolute Gasteiger partial charge is 0.315 e. The molecule has 33 heavy (non-hydrogen) atoms. The van der Waals surface area contributed by atoms with Crippen LogP contribution in [0.15, 0.2) is 103 Å². The fourth-order valence-corrected chi connectivity index (χ4v) is 3.83. The molecule has 0 saturated carbocycles. The molecule has 1 aromatic heterocycles. The molecule has 1 heterocycles. The van der Waals surface area contributed by atoms with Crippen LogP contribution in [0.1, 0.15) is 11.1 Å². The van der Waals surface area contributed by atoms with Crippen molar-refractivity contribution in [2.45, 2.75) is 13.0 Å². The van der Waals surface area contributed by atoms with Gasteiger partial charge in [0.15, 0.2) is 0 Å². The van der Waals surface area contributed by atoms with Gasteiger partial charge in [-0.3, -0.25) is 4.79 Å². The highest BCUT2D eigenvalue weighted by atomic mass is 19.1. The SMILES string of the molecule is O=C(Cc1ccc(F)cc1)Oc1ccc(-c2nc3ccccc3n2Cc2ccccc2)cc1. The van der Waals surface area contributed by atoms with Gasteiger partial charge in [0.05, 0.1) is 17.5 Å². The molecule has 0 bridgehead atoms. The van der Waals surface area contributed by atoms with Crippen molar-refractivity contribution in [2.75, 3.05) is 0 Å². The second-order valence-corrected chi connectivity index (χ2v) is 7.80. The van der Waals surface area contributed by atoms with Crippen LogP contribution in [0.2, 0.25) is 0 Å². The van der Waals surface area contributed by atoms with Gasteiger partial charge in [-0.25, -0.2) is 9.37 Å². The minimum absolute atomic E-state index is 0.0783. The van der Waals surface area contributed by atoms with Crippen molar-refractivity contribution in [3.05, 3.63) is 120 Å². The van der Waals surface area contributed by atoms with Crippen molar-refractivity contribution in [1.82, 2.24) is 9.55 Å². The number of para-hydroxylation sites is 2. The first-order valence-electron chi connectivity index (χ1n) is 10.7. The Morgan fingerprint density at radius 1 is 0.788 bits per heavy atom. The fraction of sp³-hybridized carbons (Fsp3) is 0.0714. The summed E-state index contributed by atoms with van der Waals surface area (Å²) < 4.78 is 20.7. The molecule has 4 aromatic carbocycles. The third-order valence-electron chi connectivity index (χ3n) is 5.44. The second kappa shape index (κ2) is 9.09. The van der Waals surface area contributed by atoms with Gasteiger partial charge in [-0.1, -0.05) is 54.6 Å². The molecule has 0 aliphatic heterocycles. The van der Waals surface area contributed by atoms with Crippen LogP contribution in [0.5, 0.6) is 5.75 Å². The highest BCUT2D eigenvalue weighted by Crippen LogP contribution is 2.27. The summed E-state index contributed by atoms with van der Waals surface area (Å²) in [5.74, 6) is 0.576. The number of ether oxygens (including phenoxy) is 1. The molecule has 0 fully saturated rings. The molecule has 5 aromatic rings. The Bertz CT molecular complexity index is 1390. The molecule has 0 aliphatic rings. The molecular weight excluding hydrogens is 415 g/mol. The Morgan fingerprint density at radius 2 is 1.48 bits per heavy atom. The molecule has 0 unspecified atom stereocenters. The summed E-state index contributed by atoms with van der Waals surface area (Å²) in [5, 5.41) is 0. The van der Waals surface area contributed by atoms with E-state index in [4.69, 9.17) is 9.72 Å². The number of aromatic nitrogens is 2. The van der Waals surface area contributed by atoms with Gasteiger partial charge in [0.1, 0.15) is 17.4 Å². The summed E-state index contributed by atoms with van der Waals surface area (Å²) in [6.07, 6.45) is 0.0783. The van der Waals surface area contributed by atoms with Crippen LogP contribution in [-0.4, -0.2) is 15.5 Å². The van der Waals surface area contributed by atoms with E-state index in [0.717, 1.165) is 22.4 Å². The predicted octanol–water partition coefficient (Wildman–Crippen LogP) is 6.04. The van der Waals surface area contributed by atoms with E-state index in [9.17, 15) is 9.18 Å². The van der Waals surface area contributed by atoms with Crippen LogP contribution in [0, 0.1) is 5.82 Å². The number of hydrogen-bond acceptors (Lipinski definition) is 3. The zero-order valence-electron chi connectivity index (χ0n) is 17.8. The zero-order chi connectivity index (χ0) is 22.6. The van der Waals surface area contributed by atoms with E-state index in [2.05, 4.69) is 22.8 Å². The van der Waals surface area contributed by atoms with Crippen molar-refractivity contribution >= 4 is 17.0 Å². The molecule has 0 aliphatic carbocycles. The summed E-state index contributed by atoms with van der Waals surface area (Å²) in [6.45, 7) is 0.699. The van der Waals surface area contributed by atoms with Crippen molar-refractivity contribution in [3.63, 3.8) is 0 Å². The maximum absolute atomic E-state index is 13.0. The lowest BCUT2D eigenvalue weighted by molar-refractivity contribution is -0.133. The van der Waals surface area contributed by atoms with Gasteiger partial charge in [-0.15, -0.1) is 0 Å². The fourth-order valence-electron chi connectivity index (χ4n) is 3.83. The van der Waals surface area contributed by atoms with E-state index >= 15 is 0 Å². The zero-order valence-corrected chi connectivity index (χ0v) is 17.8. The number of halogens is 1. The Hall–Kier alpha value is -4.25. The number of imidazole rings is 1. The highest BCUT2D eigenvalue weighted by Gasteiger charge is 2.14. The number of esters is 1. The largest absolute Gasteiger partial charge is 0.426 e. The van der Waals surface area contributed by atoms with Gasteiger partial charge in [0.2, 0.25) is 0 Å². The molecule has 4 nitrogen and oxygen atoms in total.